The van der Waals surface area contributed by atoms with E-state index < -0.39 is 10.0 Å². The van der Waals surface area contributed by atoms with Crippen molar-refractivity contribution in [3.8, 4) is 11.3 Å². The van der Waals surface area contributed by atoms with Crippen LogP contribution in [0, 0.1) is 0 Å². The van der Waals surface area contributed by atoms with Crippen molar-refractivity contribution in [1.82, 2.24) is 15.3 Å². The van der Waals surface area contributed by atoms with Crippen molar-refractivity contribution < 1.29 is 13.2 Å². The number of anilines is 1. The standard InChI is InChI=1S/C13H15AsN4O3S/c1-15-13(19)11-12(14)16-7-10(17-11)8-4-3-5-9(6-8)18-22(2,20)21/h3-7,18H,14H2,1-2H3,(H,15,19). The first-order valence-corrected chi connectivity index (χ1v) is 9.33. The van der Waals surface area contributed by atoms with Gasteiger partial charge in [0.1, 0.15) is 0 Å². The van der Waals surface area contributed by atoms with E-state index in [1.165, 1.54) is 23.9 Å². The Morgan fingerprint density at radius 3 is 2.68 bits per heavy atom. The number of carbonyl (C=O) groups is 1. The van der Waals surface area contributed by atoms with Gasteiger partial charge in [-0.15, -0.1) is 0 Å². The van der Waals surface area contributed by atoms with E-state index in [1.807, 2.05) is 0 Å². The van der Waals surface area contributed by atoms with Crippen LogP contribution in [0.2, 0.25) is 0 Å². The summed E-state index contributed by atoms with van der Waals surface area (Å²) in [6.07, 6.45) is 2.64. The normalized spacial score (nSPS) is 11.0. The molecule has 0 aliphatic rings. The Morgan fingerprint density at radius 1 is 1.32 bits per heavy atom. The molecule has 0 aliphatic carbocycles. The van der Waals surface area contributed by atoms with Crippen LogP contribution in [0.25, 0.3) is 11.3 Å². The van der Waals surface area contributed by atoms with Crippen LogP contribution in [0.1, 0.15) is 10.5 Å². The van der Waals surface area contributed by atoms with Gasteiger partial charge in [0.2, 0.25) is 0 Å². The van der Waals surface area contributed by atoms with Crippen LogP contribution in [-0.4, -0.2) is 54.4 Å². The first kappa shape index (κ1) is 16.4. The summed E-state index contributed by atoms with van der Waals surface area (Å²) in [6.45, 7) is 0. The number of nitrogens with one attached hydrogen (secondary N) is 2. The minimum absolute atomic E-state index is 0.265. The van der Waals surface area contributed by atoms with E-state index in [0.29, 0.717) is 21.4 Å². The molecule has 1 unspecified atom stereocenters. The number of aromatic nitrogens is 2. The molecule has 0 fully saturated rings. The van der Waals surface area contributed by atoms with Gasteiger partial charge in [-0.1, -0.05) is 0 Å². The summed E-state index contributed by atoms with van der Waals surface area (Å²) in [5.41, 5.74) is 1.85. The summed E-state index contributed by atoms with van der Waals surface area (Å²) < 4.78 is 25.6. The molecule has 9 heteroatoms. The SMILES string of the molecule is CNC(=O)c1nc(-c2cccc(NS(C)(=O)=O)c2)cnc1[AsH2]. The van der Waals surface area contributed by atoms with Crippen molar-refractivity contribution in [3.63, 3.8) is 0 Å². The van der Waals surface area contributed by atoms with Crippen LogP contribution in [0.15, 0.2) is 30.5 Å². The summed E-state index contributed by atoms with van der Waals surface area (Å²) in [7, 11) is -1.83. The maximum atomic E-state index is 11.8. The van der Waals surface area contributed by atoms with Crippen molar-refractivity contribution >= 4 is 43.0 Å². The number of hydrogen-bond acceptors (Lipinski definition) is 5. The summed E-state index contributed by atoms with van der Waals surface area (Å²) in [5, 5.41) is 2.52. The topological polar surface area (TPSA) is 101 Å². The summed E-state index contributed by atoms with van der Waals surface area (Å²) in [4.78, 5) is 20.3. The molecule has 0 radical (unpaired) electrons. The van der Waals surface area contributed by atoms with Gasteiger partial charge in [0, 0.05) is 0 Å². The van der Waals surface area contributed by atoms with Crippen molar-refractivity contribution in [2.45, 2.75) is 0 Å². The van der Waals surface area contributed by atoms with E-state index in [9.17, 15) is 13.2 Å². The monoisotopic (exact) mass is 382 g/mol. The minimum atomic E-state index is -3.36. The third-order valence-electron chi connectivity index (χ3n) is 2.70. The van der Waals surface area contributed by atoms with Crippen molar-refractivity contribution in [2.75, 3.05) is 18.0 Å². The predicted octanol–water partition coefficient (Wildman–Crippen LogP) is -0.867. The molecular weight excluding hydrogens is 367 g/mol. The molecule has 0 bridgehead atoms. The van der Waals surface area contributed by atoms with E-state index in [2.05, 4.69) is 20.0 Å². The van der Waals surface area contributed by atoms with Crippen molar-refractivity contribution in [3.05, 3.63) is 36.2 Å². The Morgan fingerprint density at radius 2 is 2.05 bits per heavy atom. The van der Waals surface area contributed by atoms with E-state index in [-0.39, 0.29) is 11.6 Å². The first-order chi connectivity index (χ1) is 10.3. The van der Waals surface area contributed by atoms with Crippen LogP contribution in [0.4, 0.5) is 5.69 Å². The quantitative estimate of drug-likeness (QED) is 0.670. The summed E-state index contributed by atoms with van der Waals surface area (Å²) >= 11 is 1.21. The maximum absolute atomic E-state index is 11.8. The number of hydrogen-bond donors (Lipinski definition) is 2. The van der Waals surface area contributed by atoms with Gasteiger partial charge in [-0.05, 0) is 0 Å². The van der Waals surface area contributed by atoms with Crippen LogP contribution < -0.4 is 14.5 Å². The van der Waals surface area contributed by atoms with Gasteiger partial charge in [0.05, 0.1) is 0 Å². The molecule has 1 atom stereocenters. The molecule has 1 aromatic carbocycles. The fraction of sp³-hybridized carbons (Fsp3) is 0.154. The van der Waals surface area contributed by atoms with Crippen LogP contribution in [0.3, 0.4) is 0 Å². The molecule has 1 heterocycles. The number of sulfonamides is 1. The Kier molecular flexibility index (Phi) is 4.83. The Balaban J connectivity index is 2.44. The molecule has 0 aliphatic heterocycles. The van der Waals surface area contributed by atoms with Crippen molar-refractivity contribution in [1.29, 1.82) is 0 Å². The van der Waals surface area contributed by atoms with Crippen LogP contribution in [-0.2, 0) is 10.0 Å². The van der Waals surface area contributed by atoms with E-state index >= 15 is 0 Å². The first-order valence-electron chi connectivity index (χ1n) is 6.23. The third-order valence-corrected chi connectivity index (χ3v) is 4.20. The van der Waals surface area contributed by atoms with Gasteiger partial charge in [0.25, 0.3) is 0 Å². The summed E-state index contributed by atoms with van der Waals surface area (Å²) in [5.74, 6) is -0.306. The van der Waals surface area contributed by atoms with Gasteiger partial charge in [-0.25, -0.2) is 0 Å². The molecule has 116 valence electrons. The fourth-order valence-electron chi connectivity index (χ4n) is 1.78. The molecule has 0 saturated heterocycles. The molecule has 0 spiro atoms. The zero-order valence-corrected chi connectivity index (χ0v) is 15.2. The van der Waals surface area contributed by atoms with E-state index in [4.69, 9.17) is 0 Å². The van der Waals surface area contributed by atoms with Crippen LogP contribution >= 0.6 is 0 Å². The Hall–Kier alpha value is -1.92. The molecule has 1 amide bonds. The molecule has 22 heavy (non-hydrogen) atoms. The average Bonchev–Trinajstić information content (AvgIpc) is 2.45. The second-order valence-electron chi connectivity index (χ2n) is 4.52. The molecule has 7 nitrogen and oxygen atoms in total. The number of benzene rings is 1. The Bertz CT molecular complexity index is 824. The fourth-order valence-corrected chi connectivity index (χ4v) is 2.90. The number of nitrogens with zero attached hydrogens (tertiary/aromatic N) is 2. The second kappa shape index (κ2) is 6.46. The van der Waals surface area contributed by atoms with Gasteiger partial charge < -0.3 is 0 Å². The van der Waals surface area contributed by atoms with E-state index in [1.54, 1.807) is 30.5 Å². The van der Waals surface area contributed by atoms with Gasteiger partial charge in [-0.3, -0.25) is 0 Å². The van der Waals surface area contributed by atoms with Crippen LogP contribution in [0.5, 0.6) is 0 Å². The molecule has 1 aromatic heterocycles. The number of rotatable bonds is 4. The summed E-state index contributed by atoms with van der Waals surface area (Å²) in [6, 6.07) is 6.74. The van der Waals surface area contributed by atoms with E-state index in [0.717, 1.165) is 6.26 Å². The van der Waals surface area contributed by atoms with Gasteiger partial charge in [0.15, 0.2) is 0 Å². The number of amides is 1. The third kappa shape index (κ3) is 4.05. The molecule has 2 rings (SSSR count). The zero-order valence-electron chi connectivity index (χ0n) is 12.0. The molecular formula is C13H15AsN4O3S. The second-order valence-corrected chi connectivity index (χ2v) is 7.42. The van der Waals surface area contributed by atoms with Crippen molar-refractivity contribution in [2.24, 2.45) is 0 Å². The molecule has 2 N–H and O–H groups in total. The molecule has 2 aromatic rings. The zero-order chi connectivity index (χ0) is 16.3. The van der Waals surface area contributed by atoms with Gasteiger partial charge >= 0.3 is 137 Å². The van der Waals surface area contributed by atoms with Gasteiger partial charge in [-0.2, -0.15) is 0 Å². The number of carbonyl (C=O) groups excluding carboxylic acids is 1. The molecule has 0 saturated carbocycles. The Labute approximate surface area is 137 Å². The predicted molar refractivity (Wildman–Crippen MR) is 87.5 cm³/mol. The average molecular weight is 382 g/mol.